The molecule has 1 N–H and O–H groups in total. The van der Waals surface area contributed by atoms with Gasteiger partial charge in [0.25, 0.3) is 0 Å². The molecular formula is C26H31N3O6S. The number of carbonyl (C=O) groups is 2. The summed E-state index contributed by atoms with van der Waals surface area (Å²) in [6.07, 6.45) is 3.66. The number of amides is 1. The van der Waals surface area contributed by atoms with Gasteiger partial charge in [0.1, 0.15) is 18.1 Å². The summed E-state index contributed by atoms with van der Waals surface area (Å²) in [5, 5.41) is 5.56. The van der Waals surface area contributed by atoms with Crippen molar-refractivity contribution in [3.8, 4) is 11.5 Å². The molecular weight excluding hydrogens is 482 g/mol. The summed E-state index contributed by atoms with van der Waals surface area (Å²) in [6, 6.07) is 4.87. The highest BCUT2D eigenvalue weighted by atomic mass is 32.2. The van der Waals surface area contributed by atoms with Gasteiger partial charge in [0.2, 0.25) is 5.91 Å². The first-order valence-electron chi connectivity index (χ1n) is 11.8. The highest BCUT2D eigenvalue weighted by molar-refractivity contribution is 8.16. The molecule has 0 aliphatic carbocycles. The molecule has 0 radical (unpaired) electrons. The minimum Gasteiger partial charge on any atom is -0.497 e. The quantitative estimate of drug-likeness (QED) is 0.374. The summed E-state index contributed by atoms with van der Waals surface area (Å²) < 4.78 is 22.0. The maximum absolute atomic E-state index is 13.2. The van der Waals surface area contributed by atoms with E-state index in [0.717, 1.165) is 30.7 Å². The summed E-state index contributed by atoms with van der Waals surface area (Å²) in [5.74, 6) is 0.539. The molecule has 1 fully saturated rings. The number of rotatable bonds is 10. The van der Waals surface area contributed by atoms with Gasteiger partial charge in [0.15, 0.2) is 5.17 Å². The van der Waals surface area contributed by atoms with E-state index in [4.69, 9.17) is 18.9 Å². The predicted octanol–water partition coefficient (Wildman–Crippen LogP) is 3.69. The molecule has 3 aliphatic heterocycles. The Labute approximate surface area is 215 Å². The lowest BCUT2D eigenvalue weighted by molar-refractivity contribution is -0.138. The van der Waals surface area contributed by atoms with Crippen LogP contribution in [0.1, 0.15) is 37.8 Å². The van der Waals surface area contributed by atoms with Crippen LogP contribution >= 0.6 is 11.8 Å². The van der Waals surface area contributed by atoms with Gasteiger partial charge in [-0.2, -0.15) is 0 Å². The van der Waals surface area contributed by atoms with Gasteiger partial charge in [-0.15, -0.1) is 0 Å². The first-order valence-corrected chi connectivity index (χ1v) is 12.7. The van der Waals surface area contributed by atoms with Crippen molar-refractivity contribution in [2.24, 2.45) is 4.99 Å². The fourth-order valence-corrected chi connectivity index (χ4v) is 5.37. The van der Waals surface area contributed by atoms with E-state index in [1.165, 1.54) is 17.8 Å². The minimum atomic E-state index is -0.592. The number of methoxy groups -OCH3 is 2. The predicted molar refractivity (Wildman–Crippen MR) is 138 cm³/mol. The molecule has 2 atom stereocenters. The Hall–Kier alpha value is -3.24. The zero-order valence-corrected chi connectivity index (χ0v) is 21.6. The Bertz CT molecular complexity index is 1100. The lowest BCUT2D eigenvalue weighted by Crippen LogP contribution is -2.38. The van der Waals surface area contributed by atoms with E-state index in [2.05, 4.69) is 16.9 Å². The largest absolute Gasteiger partial charge is 0.497 e. The second-order valence-corrected chi connectivity index (χ2v) is 9.38. The standard InChI is InChI=1S/C26H31N3O6S/c1-5-8-35-25(31)23-16(2)28-26-29(24(23)17-10-20(32-3)13-21(11-17)33-4)18(15-36-26)12-22(30)27-14-19-7-6-9-34-19/h5,10-11,13,15,19,24H,1,6-9,12,14H2,2-4H3,(H,27,30)/t19-,24-/m1/s1. The van der Waals surface area contributed by atoms with Crippen LogP contribution in [0.2, 0.25) is 0 Å². The zero-order valence-electron chi connectivity index (χ0n) is 20.7. The van der Waals surface area contributed by atoms with Crippen molar-refractivity contribution in [1.82, 2.24) is 10.2 Å². The van der Waals surface area contributed by atoms with Crippen molar-refractivity contribution in [1.29, 1.82) is 0 Å². The van der Waals surface area contributed by atoms with E-state index in [-0.39, 0.29) is 25.0 Å². The third-order valence-electron chi connectivity index (χ3n) is 6.13. The molecule has 1 aromatic carbocycles. The molecule has 0 bridgehead atoms. The first-order chi connectivity index (χ1) is 17.4. The van der Waals surface area contributed by atoms with Gasteiger partial charge in [-0.3, -0.25) is 4.79 Å². The fraction of sp³-hybridized carbons (Fsp3) is 0.423. The topological polar surface area (TPSA) is 98.7 Å². The smallest absolute Gasteiger partial charge is 0.338 e. The second kappa shape index (κ2) is 11.7. The van der Waals surface area contributed by atoms with E-state index in [1.807, 2.05) is 22.4 Å². The lowest BCUT2D eigenvalue weighted by Gasteiger charge is -2.36. The van der Waals surface area contributed by atoms with Crippen molar-refractivity contribution in [3.05, 3.63) is 58.8 Å². The van der Waals surface area contributed by atoms with Crippen LogP contribution in [-0.4, -0.2) is 62.0 Å². The molecule has 4 rings (SSSR count). The molecule has 36 heavy (non-hydrogen) atoms. The van der Waals surface area contributed by atoms with Crippen molar-refractivity contribution in [2.45, 2.75) is 38.3 Å². The van der Waals surface area contributed by atoms with E-state index in [0.29, 0.717) is 34.5 Å². The number of thioether (sulfide) groups is 1. The Kier molecular flexibility index (Phi) is 8.37. The molecule has 1 amide bonds. The Morgan fingerprint density at radius 1 is 1.28 bits per heavy atom. The van der Waals surface area contributed by atoms with Crippen LogP contribution in [-0.2, 0) is 19.1 Å². The maximum atomic E-state index is 13.2. The van der Waals surface area contributed by atoms with Crippen LogP contribution in [0.15, 0.2) is 58.2 Å². The van der Waals surface area contributed by atoms with Crippen LogP contribution in [0.5, 0.6) is 11.5 Å². The lowest BCUT2D eigenvalue weighted by atomic mass is 9.93. The molecule has 0 aromatic heterocycles. The van der Waals surface area contributed by atoms with Gasteiger partial charge in [-0.05, 0) is 42.9 Å². The summed E-state index contributed by atoms with van der Waals surface area (Å²) >= 11 is 1.42. The molecule has 0 unspecified atom stereocenters. The van der Waals surface area contributed by atoms with Gasteiger partial charge >= 0.3 is 5.97 Å². The Morgan fingerprint density at radius 2 is 2.03 bits per heavy atom. The van der Waals surface area contributed by atoms with Crippen LogP contribution in [0.3, 0.4) is 0 Å². The number of esters is 1. The number of benzene rings is 1. The third-order valence-corrected chi connectivity index (χ3v) is 7.02. The average molecular weight is 514 g/mol. The zero-order chi connectivity index (χ0) is 25.7. The summed E-state index contributed by atoms with van der Waals surface area (Å²) in [7, 11) is 3.14. The first kappa shape index (κ1) is 25.8. The van der Waals surface area contributed by atoms with Gasteiger partial charge in [0, 0.05) is 24.9 Å². The molecule has 1 saturated heterocycles. The number of nitrogens with zero attached hydrogens (tertiary/aromatic N) is 2. The van der Waals surface area contributed by atoms with Crippen LogP contribution < -0.4 is 14.8 Å². The molecule has 0 saturated carbocycles. The second-order valence-electron chi connectivity index (χ2n) is 8.54. The van der Waals surface area contributed by atoms with Gasteiger partial charge in [-0.1, -0.05) is 24.4 Å². The van der Waals surface area contributed by atoms with E-state index in [1.54, 1.807) is 27.2 Å². The molecule has 1 aromatic rings. The molecule has 9 nitrogen and oxygen atoms in total. The number of aliphatic imine (C=N–C) groups is 1. The van der Waals surface area contributed by atoms with Crippen molar-refractivity contribution < 1.29 is 28.5 Å². The molecule has 192 valence electrons. The van der Waals surface area contributed by atoms with Crippen LogP contribution in [0.4, 0.5) is 0 Å². The van der Waals surface area contributed by atoms with Gasteiger partial charge in [-0.25, -0.2) is 9.79 Å². The van der Waals surface area contributed by atoms with Crippen molar-refractivity contribution in [2.75, 3.05) is 34.0 Å². The van der Waals surface area contributed by atoms with Crippen molar-refractivity contribution in [3.63, 3.8) is 0 Å². The number of allylic oxidation sites excluding steroid dienone is 1. The van der Waals surface area contributed by atoms with Crippen LogP contribution in [0, 0.1) is 0 Å². The summed E-state index contributed by atoms with van der Waals surface area (Å²) in [4.78, 5) is 32.7. The van der Waals surface area contributed by atoms with Gasteiger partial charge < -0.3 is 29.2 Å². The fourth-order valence-electron chi connectivity index (χ4n) is 4.41. The average Bonchev–Trinajstić information content (AvgIpc) is 3.55. The summed E-state index contributed by atoms with van der Waals surface area (Å²) in [6.45, 7) is 6.70. The number of hydrogen-bond donors (Lipinski definition) is 1. The van der Waals surface area contributed by atoms with E-state index < -0.39 is 12.0 Å². The Morgan fingerprint density at radius 3 is 2.67 bits per heavy atom. The van der Waals surface area contributed by atoms with E-state index in [9.17, 15) is 9.59 Å². The highest BCUT2D eigenvalue weighted by Crippen LogP contribution is 2.46. The Balaban J connectivity index is 1.67. The number of nitrogens with one attached hydrogen (secondary N) is 1. The maximum Gasteiger partial charge on any atom is 0.338 e. The number of fused-ring (bicyclic) bond motifs is 1. The number of amidine groups is 1. The monoisotopic (exact) mass is 513 g/mol. The molecule has 3 aliphatic rings. The normalized spacial score (nSPS) is 20.9. The number of carbonyl (C=O) groups excluding carboxylic acids is 2. The molecule has 10 heteroatoms. The third kappa shape index (κ3) is 5.60. The summed E-state index contributed by atoms with van der Waals surface area (Å²) in [5.41, 5.74) is 2.41. The number of hydrogen-bond acceptors (Lipinski definition) is 9. The van der Waals surface area contributed by atoms with Gasteiger partial charge in [0.05, 0.1) is 44.1 Å². The molecule has 3 heterocycles. The van der Waals surface area contributed by atoms with Crippen molar-refractivity contribution >= 4 is 28.8 Å². The van der Waals surface area contributed by atoms with Crippen LogP contribution in [0.25, 0.3) is 0 Å². The number of ether oxygens (including phenoxy) is 4. The highest BCUT2D eigenvalue weighted by Gasteiger charge is 2.41. The SMILES string of the molecule is C=CCOC(=O)C1=C(C)N=C2SC=C(CC(=O)NC[C@H]3CCCO3)N2[C@@H]1c1cc(OC)cc(OC)c1. The minimum absolute atomic E-state index is 0.0572. The van der Waals surface area contributed by atoms with E-state index >= 15 is 0 Å². The molecule has 0 spiro atoms.